The molecule has 2 aromatic carbocycles. The van der Waals surface area contributed by atoms with Gasteiger partial charge in [-0.2, -0.15) is 0 Å². The van der Waals surface area contributed by atoms with Crippen molar-refractivity contribution in [1.29, 1.82) is 0 Å². The third-order valence-electron chi connectivity index (χ3n) is 4.29. The molecule has 0 radical (unpaired) electrons. The maximum atomic E-state index is 11.3. The Bertz CT molecular complexity index is 837. The number of hydrogen-bond donors (Lipinski definition) is 0. The maximum absolute atomic E-state index is 11.3. The van der Waals surface area contributed by atoms with Crippen LogP contribution in [0.1, 0.15) is 76.0 Å². The van der Waals surface area contributed by atoms with Crippen LogP contribution in [0.4, 0.5) is 0 Å². The first-order valence-electron chi connectivity index (χ1n) is 8.10. The van der Waals surface area contributed by atoms with Crippen LogP contribution >= 0.6 is 0 Å². The van der Waals surface area contributed by atoms with E-state index in [1.54, 1.807) is 6.07 Å². The van der Waals surface area contributed by atoms with Gasteiger partial charge in [0.1, 0.15) is 10.1 Å². The van der Waals surface area contributed by atoms with Gasteiger partial charge in [0, 0.05) is 0 Å². The van der Waals surface area contributed by atoms with Crippen molar-refractivity contribution in [2.75, 3.05) is 0 Å². The Hall–Kier alpha value is -0.390. The van der Waals surface area contributed by atoms with E-state index in [0.717, 1.165) is 10.8 Å². The van der Waals surface area contributed by atoms with E-state index in [4.69, 9.17) is 0 Å². The molecule has 0 aliphatic heterocycles. The molecule has 0 aliphatic rings. The Morgan fingerprint density at radius 1 is 0.833 bits per heavy atom. The van der Waals surface area contributed by atoms with E-state index in [1.807, 2.05) is 0 Å². The van der Waals surface area contributed by atoms with Crippen molar-refractivity contribution < 1.29 is 42.5 Å². The smallest absolute Gasteiger partial charge is 0.744 e. The average molecular weight is 356 g/mol. The van der Waals surface area contributed by atoms with Crippen molar-refractivity contribution in [2.45, 2.75) is 64.2 Å². The van der Waals surface area contributed by atoms with Crippen molar-refractivity contribution in [3.05, 3.63) is 41.0 Å². The van der Waals surface area contributed by atoms with Crippen molar-refractivity contribution in [1.82, 2.24) is 0 Å². The Morgan fingerprint density at radius 3 is 1.79 bits per heavy atom. The summed E-state index contributed by atoms with van der Waals surface area (Å²) in [7, 11) is -4.44. The molecule has 24 heavy (non-hydrogen) atoms. The summed E-state index contributed by atoms with van der Waals surface area (Å²) in [6, 6.07) is 6.77. The molecular formula is C19H25NaO3S. The van der Waals surface area contributed by atoms with Crippen LogP contribution in [0.5, 0.6) is 0 Å². The van der Waals surface area contributed by atoms with E-state index in [2.05, 4.69) is 47.6 Å². The summed E-state index contributed by atoms with van der Waals surface area (Å²) in [4.78, 5) is -0.160. The monoisotopic (exact) mass is 356 g/mol. The fraction of sp³-hybridized carbons (Fsp3) is 0.474. The van der Waals surface area contributed by atoms with Crippen molar-refractivity contribution in [3.63, 3.8) is 0 Å². The molecule has 0 aromatic heterocycles. The zero-order chi connectivity index (χ0) is 17.5. The minimum Gasteiger partial charge on any atom is -0.744 e. The molecule has 5 heteroatoms. The summed E-state index contributed by atoms with van der Waals surface area (Å²) in [6.07, 6.45) is 0. The van der Waals surface area contributed by atoms with E-state index >= 15 is 0 Å². The van der Waals surface area contributed by atoms with Crippen molar-refractivity contribution >= 4 is 20.9 Å². The van der Waals surface area contributed by atoms with Gasteiger partial charge >= 0.3 is 29.6 Å². The van der Waals surface area contributed by atoms with Gasteiger partial charge in [0.05, 0.1) is 4.90 Å². The first kappa shape index (κ1) is 21.7. The fourth-order valence-corrected chi connectivity index (χ4v) is 3.86. The van der Waals surface area contributed by atoms with Crippen molar-refractivity contribution in [2.24, 2.45) is 0 Å². The molecule has 0 saturated carbocycles. The van der Waals surface area contributed by atoms with Crippen LogP contribution < -0.4 is 29.6 Å². The second-order valence-electron chi connectivity index (χ2n) is 7.09. The summed E-state index contributed by atoms with van der Waals surface area (Å²) in [6.45, 7) is 13.0. The average Bonchev–Trinajstić information content (AvgIpc) is 2.42. The van der Waals surface area contributed by atoms with E-state index < -0.39 is 10.1 Å². The molecule has 2 rings (SSSR count). The van der Waals surface area contributed by atoms with Gasteiger partial charge in [-0.25, -0.2) is 8.42 Å². The quantitative estimate of drug-likeness (QED) is 0.623. The van der Waals surface area contributed by atoms with Crippen LogP contribution in [-0.4, -0.2) is 13.0 Å². The standard InChI is InChI=1S/C19H26O3S.Na/c1-11(2)17-10-14-9-15(23(20,21)22)7-8-16(14)18(12(3)4)19(17)13(5)6;/h7-13H,1-6H3,(H,20,21,22);/q;+1/p-1. The largest absolute Gasteiger partial charge is 1.00 e. The number of rotatable bonds is 4. The fourth-order valence-electron chi connectivity index (χ4n) is 3.35. The molecule has 0 bridgehead atoms. The van der Waals surface area contributed by atoms with Gasteiger partial charge in [-0.15, -0.1) is 0 Å². The Kier molecular flexibility index (Phi) is 7.11. The molecule has 0 heterocycles. The first-order valence-corrected chi connectivity index (χ1v) is 9.51. The Balaban J connectivity index is 0.00000288. The molecule has 0 saturated heterocycles. The second kappa shape index (κ2) is 7.88. The zero-order valence-corrected chi connectivity index (χ0v) is 18.5. The molecule has 0 N–H and O–H groups in total. The normalized spacial score (nSPS) is 12.2. The van der Waals surface area contributed by atoms with Gasteiger partial charge in [-0.3, -0.25) is 0 Å². The van der Waals surface area contributed by atoms with Gasteiger partial charge in [0.15, 0.2) is 0 Å². The van der Waals surface area contributed by atoms with Crippen LogP contribution in [0.25, 0.3) is 10.8 Å². The summed E-state index contributed by atoms with van der Waals surface area (Å²) < 4.78 is 34.0. The van der Waals surface area contributed by atoms with Crippen LogP contribution in [-0.2, 0) is 10.1 Å². The van der Waals surface area contributed by atoms with Crippen LogP contribution in [0, 0.1) is 0 Å². The Morgan fingerprint density at radius 2 is 1.38 bits per heavy atom. The van der Waals surface area contributed by atoms with E-state index in [0.29, 0.717) is 17.8 Å². The van der Waals surface area contributed by atoms with Crippen molar-refractivity contribution in [3.8, 4) is 0 Å². The van der Waals surface area contributed by atoms with Gasteiger partial charge in [-0.1, -0.05) is 53.7 Å². The number of benzene rings is 2. The van der Waals surface area contributed by atoms with Gasteiger partial charge in [-0.05, 0) is 57.3 Å². The first-order chi connectivity index (χ1) is 10.5. The summed E-state index contributed by atoms with van der Waals surface area (Å²) in [5, 5.41) is 1.87. The molecule has 0 atom stereocenters. The molecule has 0 aliphatic carbocycles. The van der Waals surface area contributed by atoms with Gasteiger partial charge in [0.2, 0.25) is 0 Å². The van der Waals surface area contributed by atoms with Gasteiger partial charge < -0.3 is 4.55 Å². The summed E-state index contributed by atoms with van der Waals surface area (Å²) >= 11 is 0. The molecular weight excluding hydrogens is 331 g/mol. The topological polar surface area (TPSA) is 57.2 Å². The summed E-state index contributed by atoms with van der Waals surface area (Å²) in [5.74, 6) is 1.04. The predicted octanol–water partition coefficient (Wildman–Crippen LogP) is 2.12. The zero-order valence-electron chi connectivity index (χ0n) is 15.7. The van der Waals surface area contributed by atoms with E-state index in [1.165, 1.54) is 28.8 Å². The van der Waals surface area contributed by atoms with Crippen LogP contribution in [0.2, 0.25) is 0 Å². The van der Waals surface area contributed by atoms with Gasteiger partial charge in [0.25, 0.3) is 0 Å². The van der Waals surface area contributed by atoms with E-state index in [-0.39, 0.29) is 34.5 Å². The Labute approximate surface area is 167 Å². The second-order valence-corrected chi connectivity index (χ2v) is 8.47. The molecule has 2 aromatic rings. The molecule has 0 unspecified atom stereocenters. The van der Waals surface area contributed by atoms with E-state index in [9.17, 15) is 13.0 Å². The third-order valence-corrected chi connectivity index (χ3v) is 5.12. The molecule has 0 amide bonds. The van der Waals surface area contributed by atoms with Crippen LogP contribution in [0.15, 0.2) is 29.2 Å². The third kappa shape index (κ3) is 4.23. The number of hydrogen-bond acceptors (Lipinski definition) is 3. The molecule has 3 nitrogen and oxygen atoms in total. The molecule has 126 valence electrons. The molecule has 0 spiro atoms. The van der Waals surface area contributed by atoms with Crippen LogP contribution in [0.3, 0.4) is 0 Å². The SMILES string of the molecule is CC(C)c1cc2cc(S(=O)(=O)[O-])ccc2c(C(C)C)c1C(C)C.[Na+]. The molecule has 0 fully saturated rings. The minimum absolute atomic E-state index is 0. The summed E-state index contributed by atoms with van der Waals surface area (Å²) in [5.41, 5.74) is 3.84. The predicted molar refractivity (Wildman–Crippen MR) is 94.2 cm³/mol. The number of fused-ring (bicyclic) bond motifs is 1. The minimum atomic E-state index is -4.44. The maximum Gasteiger partial charge on any atom is 1.00 e.